The van der Waals surface area contributed by atoms with Gasteiger partial charge in [0.25, 0.3) is 0 Å². The first kappa shape index (κ1) is 15.9. The number of hydrogen-bond acceptors (Lipinski definition) is 2. The molecule has 0 spiro atoms. The van der Waals surface area contributed by atoms with Gasteiger partial charge in [0, 0.05) is 19.0 Å². The van der Waals surface area contributed by atoms with Crippen LogP contribution >= 0.6 is 0 Å². The zero-order valence-electron chi connectivity index (χ0n) is 12.8. The van der Waals surface area contributed by atoms with E-state index in [0.717, 1.165) is 18.2 Å². The zero-order chi connectivity index (χ0) is 16.7. The summed E-state index contributed by atoms with van der Waals surface area (Å²) in [7, 11) is 0. The Morgan fingerprint density at radius 3 is 2.65 bits per heavy atom. The van der Waals surface area contributed by atoms with Crippen LogP contribution in [0, 0.1) is 29.4 Å². The van der Waals surface area contributed by atoms with Crippen LogP contribution in [-0.2, 0) is 9.59 Å². The lowest BCUT2D eigenvalue weighted by Gasteiger charge is -2.35. The van der Waals surface area contributed by atoms with Gasteiger partial charge in [-0.1, -0.05) is 6.92 Å². The smallest absolute Gasteiger partial charge is 0.306 e. The fourth-order valence-corrected chi connectivity index (χ4v) is 3.56. The van der Waals surface area contributed by atoms with Gasteiger partial charge in [0.2, 0.25) is 5.91 Å². The van der Waals surface area contributed by atoms with Gasteiger partial charge >= 0.3 is 5.97 Å². The van der Waals surface area contributed by atoms with Crippen LogP contribution in [0.4, 0.5) is 8.78 Å². The normalized spacial score (nSPS) is 30.1. The third kappa shape index (κ3) is 3.07. The highest BCUT2D eigenvalue weighted by Gasteiger charge is 2.48. The van der Waals surface area contributed by atoms with Crippen LogP contribution in [0.2, 0.25) is 0 Å². The van der Waals surface area contributed by atoms with E-state index >= 15 is 0 Å². The van der Waals surface area contributed by atoms with Crippen LogP contribution in [0.25, 0.3) is 0 Å². The summed E-state index contributed by atoms with van der Waals surface area (Å²) in [6.07, 6.45) is 0.959. The Kier molecular flexibility index (Phi) is 4.08. The predicted molar refractivity (Wildman–Crippen MR) is 78.7 cm³/mol. The van der Waals surface area contributed by atoms with Gasteiger partial charge < -0.3 is 10.0 Å². The van der Waals surface area contributed by atoms with E-state index in [4.69, 9.17) is 5.11 Å². The van der Waals surface area contributed by atoms with Crippen molar-refractivity contribution >= 4 is 11.9 Å². The summed E-state index contributed by atoms with van der Waals surface area (Å²) in [4.78, 5) is 25.3. The number of carboxylic acid groups (broad SMARTS) is 1. The molecule has 1 N–H and O–H groups in total. The minimum atomic E-state index is -0.823. The maximum absolute atomic E-state index is 13.8. The molecule has 0 aromatic heterocycles. The highest BCUT2D eigenvalue weighted by Crippen LogP contribution is 2.49. The largest absolute Gasteiger partial charge is 0.481 e. The third-order valence-corrected chi connectivity index (χ3v) is 5.00. The average Bonchev–Trinajstić information content (AvgIpc) is 3.28. The van der Waals surface area contributed by atoms with Crippen molar-refractivity contribution in [2.75, 3.05) is 13.1 Å². The van der Waals surface area contributed by atoms with Crippen LogP contribution < -0.4 is 0 Å². The Hall–Kier alpha value is -1.98. The molecule has 0 radical (unpaired) electrons. The van der Waals surface area contributed by atoms with Gasteiger partial charge in [0.05, 0.1) is 5.92 Å². The summed E-state index contributed by atoms with van der Waals surface area (Å²) in [6, 6.07) is 3.31. The number of piperidine rings is 1. The van der Waals surface area contributed by atoms with Gasteiger partial charge in [-0.2, -0.15) is 0 Å². The molecule has 1 aromatic carbocycles. The van der Waals surface area contributed by atoms with Crippen LogP contribution in [0.15, 0.2) is 18.2 Å². The summed E-state index contributed by atoms with van der Waals surface area (Å²) in [5, 5.41) is 9.12. The molecule has 124 valence electrons. The fourth-order valence-electron chi connectivity index (χ4n) is 3.56. The van der Waals surface area contributed by atoms with Crippen molar-refractivity contribution in [1.29, 1.82) is 0 Å². The van der Waals surface area contributed by atoms with Crippen LogP contribution in [0.5, 0.6) is 0 Å². The van der Waals surface area contributed by atoms with E-state index in [1.807, 2.05) is 6.92 Å². The molecule has 4 nitrogen and oxygen atoms in total. The van der Waals surface area contributed by atoms with Crippen molar-refractivity contribution in [2.45, 2.75) is 25.7 Å². The lowest BCUT2D eigenvalue weighted by molar-refractivity contribution is -0.148. The van der Waals surface area contributed by atoms with E-state index in [0.29, 0.717) is 25.9 Å². The number of carbonyl (C=O) groups is 2. The summed E-state index contributed by atoms with van der Waals surface area (Å²) >= 11 is 0. The Bertz CT molecular complexity index is 649. The number of benzene rings is 1. The van der Waals surface area contributed by atoms with Crippen molar-refractivity contribution in [2.24, 2.45) is 17.8 Å². The molecule has 1 aliphatic heterocycles. The molecule has 4 atom stereocenters. The summed E-state index contributed by atoms with van der Waals surface area (Å²) in [5.74, 6) is -3.00. The minimum absolute atomic E-state index is 0.0747. The second kappa shape index (κ2) is 5.91. The monoisotopic (exact) mass is 323 g/mol. The first-order valence-electron chi connectivity index (χ1n) is 7.85. The number of nitrogens with zero attached hydrogens (tertiary/aromatic N) is 1. The van der Waals surface area contributed by atoms with Crippen molar-refractivity contribution in [3.05, 3.63) is 35.4 Å². The number of carbonyl (C=O) groups excluding carboxylic acids is 1. The molecule has 2 aliphatic rings. The molecule has 1 aromatic rings. The Morgan fingerprint density at radius 1 is 1.26 bits per heavy atom. The molecule has 6 heteroatoms. The van der Waals surface area contributed by atoms with Gasteiger partial charge in [-0.05, 0) is 48.4 Å². The number of rotatable bonds is 3. The molecule has 1 aliphatic carbocycles. The Balaban J connectivity index is 1.65. The van der Waals surface area contributed by atoms with Crippen LogP contribution in [0.3, 0.4) is 0 Å². The number of halogens is 2. The van der Waals surface area contributed by atoms with E-state index in [2.05, 4.69) is 0 Å². The molecule has 1 saturated heterocycles. The van der Waals surface area contributed by atoms with Crippen LogP contribution in [0.1, 0.15) is 31.2 Å². The lowest BCUT2D eigenvalue weighted by atomic mass is 9.87. The number of hydrogen-bond donors (Lipinski definition) is 1. The summed E-state index contributed by atoms with van der Waals surface area (Å²) in [6.45, 7) is 2.65. The highest BCUT2D eigenvalue weighted by molar-refractivity contribution is 5.83. The van der Waals surface area contributed by atoms with Crippen LogP contribution in [-0.4, -0.2) is 35.0 Å². The molecule has 2 fully saturated rings. The van der Waals surface area contributed by atoms with Gasteiger partial charge in [-0.15, -0.1) is 0 Å². The standard InChI is InChI=1S/C17H19F2NO3/c1-9-8-20(5-4-11(9)17(22)23)16(21)14-7-12(14)13-6-10(18)2-3-15(13)19/h2-3,6,9,11-12,14H,4-5,7-8H2,1H3,(H,22,23). The second-order valence-electron chi connectivity index (χ2n) is 6.61. The van der Waals surface area contributed by atoms with Gasteiger partial charge in [-0.25, -0.2) is 8.78 Å². The van der Waals surface area contributed by atoms with Crippen molar-refractivity contribution in [3.8, 4) is 0 Å². The Labute approximate surface area is 133 Å². The first-order valence-corrected chi connectivity index (χ1v) is 7.85. The minimum Gasteiger partial charge on any atom is -0.481 e. The van der Waals surface area contributed by atoms with E-state index in [1.165, 1.54) is 0 Å². The average molecular weight is 323 g/mol. The zero-order valence-corrected chi connectivity index (χ0v) is 12.8. The van der Waals surface area contributed by atoms with Crippen molar-refractivity contribution < 1.29 is 23.5 Å². The number of carboxylic acids is 1. The summed E-state index contributed by atoms with van der Waals surface area (Å²) < 4.78 is 27.1. The number of amides is 1. The topological polar surface area (TPSA) is 57.6 Å². The van der Waals surface area contributed by atoms with Crippen molar-refractivity contribution in [1.82, 2.24) is 4.90 Å². The maximum atomic E-state index is 13.8. The quantitative estimate of drug-likeness (QED) is 0.930. The molecule has 3 rings (SSSR count). The molecule has 1 heterocycles. The maximum Gasteiger partial charge on any atom is 0.306 e. The summed E-state index contributed by atoms with van der Waals surface area (Å²) in [5.41, 5.74) is 0.261. The van der Waals surface area contributed by atoms with Gasteiger partial charge in [-0.3, -0.25) is 9.59 Å². The first-order chi connectivity index (χ1) is 10.9. The van der Waals surface area contributed by atoms with E-state index in [9.17, 15) is 18.4 Å². The third-order valence-electron chi connectivity index (χ3n) is 5.00. The van der Waals surface area contributed by atoms with Gasteiger partial charge in [0.1, 0.15) is 11.6 Å². The molecule has 1 saturated carbocycles. The van der Waals surface area contributed by atoms with E-state index < -0.39 is 23.5 Å². The molecule has 1 amide bonds. The highest BCUT2D eigenvalue weighted by atomic mass is 19.1. The molecular formula is C17H19F2NO3. The van der Waals surface area contributed by atoms with E-state index in [1.54, 1.807) is 4.90 Å². The second-order valence-corrected chi connectivity index (χ2v) is 6.61. The molecule has 4 unspecified atom stereocenters. The fraction of sp³-hybridized carbons (Fsp3) is 0.529. The molecular weight excluding hydrogens is 304 g/mol. The van der Waals surface area contributed by atoms with Crippen molar-refractivity contribution in [3.63, 3.8) is 0 Å². The SMILES string of the molecule is CC1CN(C(=O)C2CC2c2cc(F)ccc2F)CCC1C(=O)O. The van der Waals surface area contributed by atoms with E-state index in [-0.39, 0.29) is 29.2 Å². The Morgan fingerprint density at radius 2 is 2.00 bits per heavy atom. The lowest BCUT2D eigenvalue weighted by Crippen LogP contribution is -2.45. The predicted octanol–water partition coefficient (Wildman–Crippen LogP) is 2.64. The number of aliphatic carboxylic acids is 1. The number of likely N-dealkylation sites (tertiary alicyclic amines) is 1. The van der Waals surface area contributed by atoms with Gasteiger partial charge in [0.15, 0.2) is 0 Å². The molecule has 23 heavy (non-hydrogen) atoms. The molecule has 0 bridgehead atoms.